The Morgan fingerprint density at radius 2 is 2.33 bits per heavy atom. The molecule has 0 spiro atoms. The molecular formula is C11H18N4OS2. The van der Waals surface area contributed by atoms with Gasteiger partial charge < -0.3 is 10.6 Å². The number of hydrogen-bond donors (Lipinski definition) is 2. The smallest absolute Gasteiger partial charge is 0.233 e. The van der Waals surface area contributed by atoms with Crippen molar-refractivity contribution < 1.29 is 4.79 Å². The Hall–Kier alpha value is -0.820. The summed E-state index contributed by atoms with van der Waals surface area (Å²) in [6.07, 6.45) is 3.40. The summed E-state index contributed by atoms with van der Waals surface area (Å²) >= 11 is 2.98. The van der Waals surface area contributed by atoms with Crippen molar-refractivity contribution in [3.63, 3.8) is 0 Å². The Balaban J connectivity index is 1.80. The Morgan fingerprint density at radius 1 is 1.56 bits per heavy atom. The Morgan fingerprint density at radius 3 is 3.00 bits per heavy atom. The van der Waals surface area contributed by atoms with Crippen LogP contribution in [0.4, 0.5) is 5.13 Å². The van der Waals surface area contributed by atoms with Crippen LogP contribution in [0.1, 0.15) is 33.1 Å². The van der Waals surface area contributed by atoms with Crippen molar-refractivity contribution >= 4 is 34.1 Å². The van der Waals surface area contributed by atoms with E-state index in [-0.39, 0.29) is 11.2 Å². The van der Waals surface area contributed by atoms with Gasteiger partial charge in [-0.25, -0.2) is 0 Å². The molecule has 0 aliphatic heterocycles. The topological polar surface area (TPSA) is 66.9 Å². The number of anilines is 1. The van der Waals surface area contributed by atoms with E-state index in [1.807, 2.05) is 13.8 Å². The van der Waals surface area contributed by atoms with E-state index < -0.39 is 0 Å². The summed E-state index contributed by atoms with van der Waals surface area (Å²) < 4.78 is 0.845. The third-order valence-corrected chi connectivity index (χ3v) is 4.55. The Labute approximate surface area is 115 Å². The van der Waals surface area contributed by atoms with E-state index in [1.54, 1.807) is 0 Å². The maximum atomic E-state index is 11.7. The molecular weight excluding hydrogens is 268 g/mol. The van der Waals surface area contributed by atoms with E-state index in [4.69, 9.17) is 0 Å². The van der Waals surface area contributed by atoms with Crippen LogP contribution >= 0.6 is 23.1 Å². The number of nitrogens with zero attached hydrogens (tertiary/aromatic N) is 2. The van der Waals surface area contributed by atoms with Gasteiger partial charge in [0.1, 0.15) is 0 Å². The van der Waals surface area contributed by atoms with E-state index >= 15 is 0 Å². The van der Waals surface area contributed by atoms with Gasteiger partial charge in [-0.05, 0) is 26.2 Å². The number of aromatic nitrogens is 2. The molecule has 7 heteroatoms. The van der Waals surface area contributed by atoms with Crippen molar-refractivity contribution in [3.05, 3.63) is 0 Å². The standard InChI is InChI=1S/C11H18N4OS2/c1-3-6-12-9(16)7(2)17-11-15-14-10(18-11)13-8-4-5-8/h7-8H,3-6H2,1-2H3,(H,12,16)(H,13,14)/t7-/m1/s1. The first-order valence-corrected chi connectivity index (χ1v) is 7.93. The fraction of sp³-hybridized carbons (Fsp3) is 0.727. The zero-order valence-electron chi connectivity index (χ0n) is 10.6. The number of rotatable bonds is 7. The largest absolute Gasteiger partial charge is 0.357 e. The number of carbonyl (C=O) groups is 1. The van der Waals surface area contributed by atoms with Crippen molar-refractivity contribution in [3.8, 4) is 0 Å². The highest BCUT2D eigenvalue weighted by molar-refractivity contribution is 8.02. The average Bonchev–Trinajstić information content (AvgIpc) is 3.06. The fourth-order valence-corrected chi connectivity index (χ4v) is 3.31. The first-order chi connectivity index (χ1) is 8.69. The molecule has 1 aliphatic carbocycles. The molecule has 2 N–H and O–H groups in total. The van der Waals surface area contributed by atoms with E-state index in [0.29, 0.717) is 6.04 Å². The van der Waals surface area contributed by atoms with E-state index in [9.17, 15) is 4.79 Å². The minimum atomic E-state index is -0.127. The maximum absolute atomic E-state index is 11.7. The number of amides is 1. The summed E-state index contributed by atoms with van der Waals surface area (Å²) in [4.78, 5) is 11.7. The monoisotopic (exact) mass is 286 g/mol. The number of hydrogen-bond acceptors (Lipinski definition) is 6. The van der Waals surface area contributed by atoms with Crippen LogP contribution in [0.2, 0.25) is 0 Å². The molecule has 0 aromatic carbocycles. The van der Waals surface area contributed by atoms with Gasteiger partial charge in [-0.15, -0.1) is 10.2 Å². The Kier molecular flexibility index (Phi) is 4.82. The summed E-state index contributed by atoms with van der Waals surface area (Å²) in [6, 6.07) is 0.584. The molecule has 2 rings (SSSR count). The van der Waals surface area contributed by atoms with Gasteiger partial charge >= 0.3 is 0 Å². The third-order valence-electron chi connectivity index (χ3n) is 2.51. The quantitative estimate of drug-likeness (QED) is 0.752. The van der Waals surface area contributed by atoms with E-state index in [2.05, 4.69) is 20.8 Å². The molecule has 1 aliphatic rings. The molecule has 5 nitrogen and oxygen atoms in total. The summed E-state index contributed by atoms with van der Waals surface area (Å²) in [5.41, 5.74) is 0. The fourth-order valence-electron chi connectivity index (χ4n) is 1.31. The number of nitrogens with one attached hydrogen (secondary N) is 2. The van der Waals surface area contributed by atoms with Crippen LogP contribution < -0.4 is 10.6 Å². The van der Waals surface area contributed by atoms with Crippen LogP contribution in [0.3, 0.4) is 0 Å². The summed E-state index contributed by atoms with van der Waals surface area (Å²) in [5.74, 6) is 0.0637. The maximum Gasteiger partial charge on any atom is 0.233 e. The van der Waals surface area contributed by atoms with E-state index in [0.717, 1.165) is 22.4 Å². The molecule has 1 amide bonds. The normalized spacial score (nSPS) is 16.3. The second-order valence-corrected chi connectivity index (χ2v) is 6.91. The van der Waals surface area contributed by atoms with Gasteiger partial charge in [0.2, 0.25) is 11.0 Å². The molecule has 1 fully saturated rings. The third kappa shape index (κ3) is 4.13. The summed E-state index contributed by atoms with van der Waals surface area (Å²) in [7, 11) is 0. The van der Waals surface area contributed by atoms with Crippen LogP contribution in [-0.4, -0.2) is 33.9 Å². The zero-order valence-corrected chi connectivity index (χ0v) is 12.2. The number of thioether (sulfide) groups is 1. The lowest BCUT2D eigenvalue weighted by atomic mass is 10.4. The van der Waals surface area contributed by atoms with Crippen LogP contribution in [0.15, 0.2) is 4.34 Å². The number of carbonyl (C=O) groups excluding carboxylic acids is 1. The second kappa shape index (κ2) is 6.38. The lowest BCUT2D eigenvalue weighted by Gasteiger charge is -2.08. The first kappa shape index (κ1) is 13.6. The minimum absolute atomic E-state index is 0.0637. The van der Waals surface area contributed by atoms with Crippen LogP contribution in [-0.2, 0) is 4.79 Å². The molecule has 100 valence electrons. The molecule has 1 heterocycles. The molecule has 0 bridgehead atoms. The van der Waals surface area contributed by atoms with Gasteiger partial charge in [0.25, 0.3) is 0 Å². The highest BCUT2D eigenvalue weighted by Crippen LogP contribution is 2.31. The van der Waals surface area contributed by atoms with Gasteiger partial charge in [0.15, 0.2) is 4.34 Å². The van der Waals surface area contributed by atoms with Crippen molar-refractivity contribution in [2.24, 2.45) is 0 Å². The zero-order chi connectivity index (χ0) is 13.0. The van der Waals surface area contributed by atoms with Crippen molar-refractivity contribution in [1.29, 1.82) is 0 Å². The van der Waals surface area contributed by atoms with Crippen molar-refractivity contribution in [2.75, 3.05) is 11.9 Å². The second-order valence-electron chi connectivity index (χ2n) is 4.34. The van der Waals surface area contributed by atoms with Gasteiger partial charge in [-0.3, -0.25) is 4.79 Å². The summed E-state index contributed by atoms with van der Waals surface area (Å²) in [6.45, 7) is 4.66. The molecule has 1 aromatic heterocycles. The molecule has 0 unspecified atom stereocenters. The molecule has 0 radical (unpaired) electrons. The van der Waals surface area contributed by atoms with E-state index in [1.165, 1.54) is 35.9 Å². The molecule has 0 saturated heterocycles. The van der Waals surface area contributed by atoms with Crippen molar-refractivity contribution in [2.45, 2.75) is 48.7 Å². The van der Waals surface area contributed by atoms with Gasteiger partial charge in [-0.2, -0.15) is 0 Å². The highest BCUT2D eigenvalue weighted by atomic mass is 32.2. The molecule has 1 aromatic rings. The lowest BCUT2D eigenvalue weighted by Crippen LogP contribution is -2.31. The van der Waals surface area contributed by atoms with Crippen LogP contribution in [0.25, 0.3) is 0 Å². The highest BCUT2D eigenvalue weighted by Gasteiger charge is 2.23. The van der Waals surface area contributed by atoms with Crippen LogP contribution in [0.5, 0.6) is 0 Å². The average molecular weight is 286 g/mol. The minimum Gasteiger partial charge on any atom is -0.357 e. The predicted molar refractivity (Wildman–Crippen MR) is 75.2 cm³/mol. The van der Waals surface area contributed by atoms with Crippen LogP contribution in [0, 0.1) is 0 Å². The molecule has 1 atom stereocenters. The molecule has 18 heavy (non-hydrogen) atoms. The first-order valence-electron chi connectivity index (χ1n) is 6.23. The van der Waals surface area contributed by atoms with Gasteiger partial charge in [-0.1, -0.05) is 30.0 Å². The molecule has 1 saturated carbocycles. The predicted octanol–water partition coefficient (Wildman–Crippen LogP) is 2.12. The van der Waals surface area contributed by atoms with Gasteiger partial charge in [0, 0.05) is 12.6 Å². The van der Waals surface area contributed by atoms with Gasteiger partial charge in [0.05, 0.1) is 5.25 Å². The summed E-state index contributed by atoms with van der Waals surface area (Å²) in [5, 5.41) is 15.1. The SMILES string of the molecule is CCCNC(=O)[C@@H](C)Sc1nnc(NC2CC2)s1. The lowest BCUT2D eigenvalue weighted by molar-refractivity contribution is -0.120. The Bertz CT molecular complexity index is 406. The van der Waals surface area contributed by atoms with Crippen molar-refractivity contribution in [1.82, 2.24) is 15.5 Å².